The second-order valence-electron chi connectivity index (χ2n) is 5.19. The Labute approximate surface area is 147 Å². The molecule has 2 rings (SSSR count). The van der Waals surface area contributed by atoms with Gasteiger partial charge in [-0.05, 0) is 29.3 Å². The normalized spacial score (nSPS) is 11.0. The van der Waals surface area contributed by atoms with Crippen LogP contribution in [0.25, 0.3) is 0 Å². The number of nitrogens with one attached hydrogen (secondary N) is 2. The zero-order valence-corrected chi connectivity index (χ0v) is 13.6. The Balaban J connectivity index is 1.89. The summed E-state index contributed by atoms with van der Waals surface area (Å²) in [5, 5.41) is 4.94. The van der Waals surface area contributed by atoms with Crippen LogP contribution in [0.3, 0.4) is 0 Å². The molecule has 0 atom stereocenters. The van der Waals surface area contributed by atoms with Crippen LogP contribution in [-0.4, -0.2) is 18.0 Å². The highest BCUT2D eigenvalue weighted by molar-refractivity contribution is 6.31. The summed E-state index contributed by atoms with van der Waals surface area (Å²) in [6.07, 6.45) is -4.81. The van der Waals surface area contributed by atoms with Crippen LogP contribution in [0.2, 0.25) is 5.02 Å². The monoisotopic (exact) mass is 370 g/mol. The second kappa shape index (κ2) is 8.02. The molecule has 4 nitrogen and oxygen atoms in total. The molecule has 132 valence electrons. The predicted molar refractivity (Wildman–Crippen MR) is 88.1 cm³/mol. The zero-order valence-electron chi connectivity index (χ0n) is 12.9. The molecule has 0 saturated carbocycles. The van der Waals surface area contributed by atoms with Crippen molar-refractivity contribution in [1.82, 2.24) is 5.32 Å². The Kier molecular flexibility index (Phi) is 6.03. The molecule has 0 fully saturated rings. The Morgan fingerprint density at radius 2 is 1.64 bits per heavy atom. The van der Waals surface area contributed by atoms with Crippen molar-refractivity contribution in [2.24, 2.45) is 0 Å². The number of rotatable bonds is 5. The highest BCUT2D eigenvalue weighted by atomic mass is 35.5. The number of alkyl halides is 3. The molecule has 0 saturated heterocycles. The van der Waals surface area contributed by atoms with Crippen LogP contribution in [0.1, 0.15) is 11.1 Å². The van der Waals surface area contributed by atoms with Gasteiger partial charge in [0.1, 0.15) is 0 Å². The molecule has 0 aliphatic carbocycles. The highest BCUT2D eigenvalue weighted by Crippen LogP contribution is 2.17. The molecule has 0 aliphatic rings. The summed E-state index contributed by atoms with van der Waals surface area (Å²) in [5.41, 5.74) is 1.65. The zero-order chi connectivity index (χ0) is 18.4. The van der Waals surface area contributed by atoms with Gasteiger partial charge in [-0.25, -0.2) is 0 Å². The van der Waals surface area contributed by atoms with E-state index in [2.05, 4.69) is 5.32 Å². The third-order valence-corrected chi connectivity index (χ3v) is 3.63. The molecule has 2 aromatic carbocycles. The number of halogens is 4. The van der Waals surface area contributed by atoms with Gasteiger partial charge in [0.05, 0.1) is 6.42 Å². The predicted octanol–water partition coefficient (Wildman–Crippen LogP) is 3.70. The number of amides is 2. The molecule has 25 heavy (non-hydrogen) atoms. The molecule has 0 unspecified atom stereocenters. The van der Waals surface area contributed by atoms with Crippen LogP contribution in [0, 0.1) is 0 Å². The van der Waals surface area contributed by atoms with E-state index in [0.29, 0.717) is 21.8 Å². The fourth-order valence-corrected chi connectivity index (χ4v) is 2.21. The Bertz CT molecular complexity index is 761. The lowest BCUT2D eigenvalue weighted by Gasteiger charge is -2.09. The molecule has 2 aromatic rings. The second-order valence-corrected chi connectivity index (χ2v) is 5.60. The van der Waals surface area contributed by atoms with Crippen molar-refractivity contribution in [1.29, 1.82) is 0 Å². The summed E-state index contributed by atoms with van der Waals surface area (Å²) >= 11 is 5.99. The molecular formula is C17H14ClF3N2O2. The van der Waals surface area contributed by atoms with Crippen molar-refractivity contribution in [3.05, 3.63) is 64.7 Å². The van der Waals surface area contributed by atoms with Gasteiger partial charge in [0.15, 0.2) is 0 Å². The average molecular weight is 371 g/mol. The average Bonchev–Trinajstić information content (AvgIpc) is 2.55. The van der Waals surface area contributed by atoms with Crippen molar-refractivity contribution in [2.45, 2.75) is 19.1 Å². The van der Waals surface area contributed by atoms with Crippen molar-refractivity contribution in [3.63, 3.8) is 0 Å². The fourth-order valence-electron chi connectivity index (χ4n) is 2.01. The molecule has 0 aliphatic heterocycles. The van der Waals surface area contributed by atoms with Crippen LogP contribution in [-0.2, 0) is 22.6 Å². The third kappa shape index (κ3) is 5.79. The number of carbonyl (C=O) groups is 2. The summed E-state index contributed by atoms with van der Waals surface area (Å²) in [7, 11) is 0. The van der Waals surface area contributed by atoms with E-state index >= 15 is 0 Å². The first kappa shape index (κ1) is 18.8. The minimum absolute atomic E-state index is 0.100. The van der Waals surface area contributed by atoms with Gasteiger partial charge in [-0.2, -0.15) is 13.2 Å². The lowest BCUT2D eigenvalue weighted by Crippen LogP contribution is -2.36. The van der Waals surface area contributed by atoms with Crippen molar-refractivity contribution in [2.75, 3.05) is 5.32 Å². The molecule has 2 N–H and O–H groups in total. The first-order valence-corrected chi connectivity index (χ1v) is 7.61. The van der Waals surface area contributed by atoms with E-state index in [1.54, 1.807) is 41.7 Å². The molecule has 8 heteroatoms. The van der Waals surface area contributed by atoms with E-state index in [-0.39, 0.29) is 18.9 Å². The van der Waals surface area contributed by atoms with Crippen LogP contribution in [0.15, 0.2) is 48.5 Å². The van der Waals surface area contributed by atoms with Crippen LogP contribution >= 0.6 is 11.6 Å². The van der Waals surface area contributed by atoms with Gasteiger partial charge in [0.25, 0.3) is 0 Å². The minimum atomic E-state index is -4.91. The summed E-state index contributed by atoms with van der Waals surface area (Å²) in [6.45, 7) is -0.258. The fraction of sp³-hybridized carbons (Fsp3) is 0.176. The maximum absolute atomic E-state index is 12.1. The SMILES string of the molecule is O=C(Cc1ccccc1Cl)Nc1ccc(CNC(=O)C(F)(F)F)cc1. The number of anilines is 1. The van der Waals surface area contributed by atoms with Gasteiger partial charge in [0.2, 0.25) is 5.91 Å². The topological polar surface area (TPSA) is 58.2 Å². The van der Waals surface area contributed by atoms with Crippen LogP contribution < -0.4 is 10.6 Å². The van der Waals surface area contributed by atoms with Crippen molar-refractivity contribution >= 4 is 29.1 Å². The third-order valence-electron chi connectivity index (χ3n) is 3.26. The summed E-state index contributed by atoms with van der Waals surface area (Å²) in [4.78, 5) is 22.7. The van der Waals surface area contributed by atoms with Gasteiger partial charge in [-0.15, -0.1) is 0 Å². The minimum Gasteiger partial charge on any atom is -0.344 e. The number of hydrogen-bond acceptors (Lipinski definition) is 2. The molecule has 0 heterocycles. The molecule has 0 bridgehead atoms. The van der Waals surface area contributed by atoms with Crippen LogP contribution in [0.5, 0.6) is 0 Å². The first-order valence-electron chi connectivity index (χ1n) is 7.23. The lowest BCUT2D eigenvalue weighted by atomic mass is 10.1. The van der Waals surface area contributed by atoms with Crippen molar-refractivity contribution < 1.29 is 22.8 Å². The van der Waals surface area contributed by atoms with E-state index < -0.39 is 12.1 Å². The maximum Gasteiger partial charge on any atom is 0.471 e. The molecule has 2 amide bonds. The Morgan fingerprint density at radius 1 is 1.00 bits per heavy atom. The van der Waals surface area contributed by atoms with Crippen molar-refractivity contribution in [3.8, 4) is 0 Å². The summed E-state index contributed by atoms with van der Waals surface area (Å²) in [6, 6.07) is 13.1. The number of hydrogen-bond donors (Lipinski definition) is 2. The van der Waals surface area contributed by atoms with Gasteiger partial charge in [-0.3, -0.25) is 9.59 Å². The van der Waals surface area contributed by atoms with Gasteiger partial charge in [-0.1, -0.05) is 41.9 Å². The number of carbonyl (C=O) groups excluding carboxylic acids is 2. The van der Waals surface area contributed by atoms with E-state index in [4.69, 9.17) is 11.6 Å². The van der Waals surface area contributed by atoms with E-state index in [0.717, 1.165) is 0 Å². The van der Waals surface area contributed by atoms with E-state index in [1.165, 1.54) is 12.1 Å². The van der Waals surface area contributed by atoms with E-state index in [1.807, 2.05) is 0 Å². The number of benzene rings is 2. The van der Waals surface area contributed by atoms with Crippen LogP contribution in [0.4, 0.5) is 18.9 Å². The van der Waals surface area contributed by atoms with Gasteiger partial charge >= 0.3 is 12.1 Å². The largest absolute Gasteiger partial charge is 0.471 e. The Morgan fingerprint density at radius 3 is 2.24 bits per heavy atom. The quantitative estimate of drug-likeness (QED) is 0.843. The van der Waals surface area contributed by atoms with E-state index in [9.17, 15) is 22.8 Å². The summed E-state index contributed by atoms with van der Waals surface area (Å²) < 4.78 is 36.3. The molecule has 0 aromatic heterocycles. The lowest BCUT2D eigenvalue weighted by molar-refractivity contribution is -0.173. The van der Waals surface area contributed by atoms with Gasteiger partial charge in [0, 0.05) is 17.3 Å². The standard InChI is InChI=1S/C17H14ClF3N2O2/c18-14-4-2-1-3-12(14)9-15(24)23-13-7-5-11(6-8-13)10-22-16(25)17(19,20)21/h1-8H,9-10H2,(H,22,25)(H,23,24). The molecular weight excluding hydrogens is 357 g/mol. The Hall–Kier alpha value is -2.54. The van der Waals surface area contributed by atoms with Gasteiger partial charge < -0.3 is 10.6 Å². The molecule has 0 spiro atoms. The first-order chi connectivity index (χ1) is 11.8. The maximum atomic E-state index is 12.1. The molecule has 0 radical (unpaired) electrons. The summed E-state index contributed by atoms with van der Waals surface area (Å²) in [5.74, 6) is -2.27. The highest BCUT2D eigenvalue weighted by Gasteiger charge is 2.38. The smallest absolute Gasteiger partial charge is 0.344 e.